The minimum atomic E-state index is -3.43. The molecule has 1 aromatic carbocycles. The molecule has 4 rings (SSSR count). The normalized spacial score (nSPS) is 11.9. The van der Waals surface area contributed by atoms with Gasteiger partial charge in [0.05, 0.1) is 21.7 Å². The number of fused-ring (bicyclic) bond motifs is 1. The summed E-state index contributed by atoms with van der Waals surface area (Å²) in [6.07, 6.45) is 2.72. The van der Waals surface area contributed by atoms with Gasteiger partial charge in [-0.1, -0.05) is 18.2 Å². The predicted octanol–water partition coefficient (Wildman–Crippen LogP) is 2.53. The van der Waals surface area contributed by atoms with Crippen LogP contribution in [0.4, 0.5) is 5.82 Å². The lowest BCUT2D eigenvalue weighted by Gasteiger charge is -2.10. The van der Waals surface area contributed by atoms with Crippen molar-refractivity contribution in [1.29, 1.82) is 0 Å². The van der Waals surface area contributed by atoms with Gasteiger partial charge in [0.1, 0.15) is 11.0 Å². The van der Waals surface area contributed by atoms with Gasteiger partial charge in [-0.2, -0.15) is 5.10 Å². The number of hydrogen-bond acceptors (Lipinski definition) is 7. The molecule has 0 atom stereocenters. The van der Waals surface area contributed by atoms with Crippen LogP contribution < -0.4 is 5.73 Å². The molecule has 2 N–H and O–H groups in total. The highest BCUT2D eigenvalue weighted by Crippen LogP contribution is 2.29. The van der Waals surface area contributed by atoms with E-state index in [0.29, 0.717) is 22.5 Å². The first-order valence-electron chi connectivity index (χ1n) is 7.30. The number of sulfone groups is 1. The molecular weight excluding hydrogens is 358 g/mol. The minimum absolute atomic E-state index is 0.168. The maximum absolute atomic E-state index is 12.1. The Morgan fingerprint density at radius 2 is 1.92 bits per heavy atom. The van der Waals surface area contributed by atoms with Crippen molar-refractivity contribution in [2.24, 2.45) is 0 Å². The Morgan fingerprint density at radius 3 is 2.64 bits per heavy atom. The molecule has 4 aromatic rings. The fourth-order valence-electron chi connectivity index (χ4n) is 2.61. The average Bonchev–Trinajstić information content (AvgIpc) is 3.24. The first-order valence-corrected chi connectivity index (χ1v) is 10.1. The Balaban J connectivity index is 1.97. The topological polar surface area (TPSA) is 104 Å². The van der Waals surface area contributed by atoms with Gasteiger partial charge in [0.25, 0.3) is 0 Å². The van der Waals surface area contributed by atoms with E-state index in [1.165, 1.54) is 22.1 Å². The smallest absolute Gasteiger partial charge is 0.177 e. The summed E-state index contributed by atoms with van der Waals surface area (Å²) in [6.45, 7) is 0. The maximum Gasteiger partial charge on any atom is 0.177 e. The Hall–Kier alpha value is -2.78. The van der Waals surface area contributed by atoms with E-state index >= 15 is 0 Å². The zero-order valence-corrected chi connectivity index (χ0v) is 14.8. The van der Waals surface area contributed by atoms with Crippen LogP contribution in [0.2, 0.25) is 0 Å². The molecule has 126 valence electrons. The zero-order valence-electron chi connectivity index (χ0n) is 13.1. The molecule has 0 aliphatic carbocycles. The summed E-state index contributed by atoms with van der Waals surface area (Å²) in [5.74, 6) is 0.769. The van der Waals surface area contributed by atoms with Crippen LogP contribution in [-0.4, -0.2) is 34.4 Å². The minimum Gasteiger partial charge on any atom is -0.382 e. The van der Waals surface area contributed by atoms with Crippen molar-refractivity contribution >= 4 is 38.0 Å². The molecule has 0 aliphatic rings. The van der Waals surface area contributed by atoms with Gasteiger partial charge < -0.3 is 5.73 Å². The second-order valence-electron chi connectivity index (χ2n) is 5.44. The fraction of sp³-hybridized carbons (Fsp3) is 0.0625. The summed E-state index contributed by atoms with van der Waals surface area (Å²) in [4.78, 5) is 9.93. The Morgan fingerprint density at radius 1 is 1.12 bits per heavy atom. The quantitative estimate of drug-likeness (QED) is 0.593. The fourth-order valence-corrected chi connectivity index (χ4v) is 4.13. The third-order valence-electron chi connectivity index (χ3n) is 3.68. The molecule has 0 aliphatic heterocycles. The highest BCUT2D eigenvalue weighted by Gasteiger charge is 2.19. The van der Waals surface area contributed by atoms with Crippen LogP contribution in [0.15, 0.2) is 52.9 Å². The molecule has 0 amide bonds. The van der Waals surface area contributed by atoms with E-state index in [0.717, 1.165) is 11.1 Å². The van der Waals surface area contributed by atoms with E-state index < -0.39 is 9.84 Å². The molecule has 25 heavy (non-hydrogen) atoms. The van der Waals surface area contributed by atoms with Crippen molar-refractivity contribution in [3.63, 3.8) is 0 Å². The number of nitrogens with two attached hydrogens (primary N) is 1. The summed E-state index contributed by atoms with van der Waals surface area (Å²) in [5.41, 5.74) is 7.60. The van der Waals surface area contributed by atoms with Gasteiger partial charge >= 0.3 is 0 Å². The van der Waals surface area contributed by atoms with Gasteiger partial charge in [-0.3, -0.25) is 0 Å². The lowest BCUT2D eigenvalue weighted by Crippen LogP contribution is -2.08. The Kier molecular flexibility index (Phi) is 3.55. The molecule has 0 spiro atoms. The van der Waals surface area contributed by atoms with Crippen molar-refractivity contribution in [1.82, 2.24) is 19.7 Å². The molecule has 3 heterocycles. The number of nitrogens with zero attached hydrogens (tertiary/aromatic N) is 4. The first kappa shape index (κ1) is 15.7. The highest BCUT2D eigenvalue weighted by molar-refractivity contribution is 7.90. The number of rotatable bonds is 3. The first-order chi connectivity index (χ1) is 11.9. The second kappa shape index (κ2) is 5.64. The lowest BCUT2D eigenvalue weighted by atomic mass is 10.3. The molecule has 9 heteroatoms. The van der Waals surface area contributed by atoms with Gasteiger partial charge in [-0.15, -0.1) is 11.3 Å². The van der Waals surface area contributed by atoms with Gasteiger partial charge in [-0.05, 0) is 23.6 Å². The van der Waals surface area contributed by atoms with E-state index in [1.54, 1.807) is 24.4 Å². The second-order valence-corrected chi connectivity index (χ2v) is 8.37. The van der Waals surface area contributed by atoms with E-state index in [-0.39, 0.29) is 10.7 Å². The summed E-state index contributed by atoms with van der Waals surface area (Å²) in [7, 11) is -3.43. The van der Waals surface area contributed by atoms with Crippen LogP contribution in [0.25, 0.3) is 27.4 Å². The number of nitrogen functional groups attached to an aromatic ring is 1. The number of anilines is 1. The highest BCUT2D eigenvalue weighted by atomic mass is 32.2. The van der Waals surface area contributed by atoms with Gasteiger partial charge in [0.15, 0.2) is 21.5 Å². The van der Waals surface area contributed by atoms with E-state index in [4.69, 9.17) is 5.73 Å². The van der Waals surface area contributed by atoms with Gasteiger partial charge in [0.2, 0.25) is 0 Å². The SMILES string of the molecule is CS(=O)(=O)c1ccccc1-n1ncc2nc(-c3cccs3)nc(N)c21. The number of thiophene rings is 1. The molecule has 0 saturated carbocycles. The van der Waals surface area contributed by atoms with Crippen LogP contribution in [0, 0.1) is 0 Å². The van der Waals surface area contributed by atoms with Gasteiger partial charge in [-0.25, -0.2) is 23.1 Å². The molecular formula is C16H13N5O2S2. The third-order valence-corrected chi connectivity index (χ3v) is 5.69. The summed E-state index contributed by atoms with van der Waals surface area (Å²) < 4.78 is 25.6. The largest absolute Gasteiger partial charge is 0.382 e. The van der Waals surface area contributed by atoms with Crippen molar-refractivity contribution < 1.29 is 8.42 Å². The van der Waals surface area contributed by atoms with Crippen molar-refractivity contribution in [2.75, 3.05) is 12.0 Å². The maximum atomic E-state index is 12.1. The summed E-state index contributed by atoms with van der Waals surface area (Å²) >= 11 is 1.52. The van der Waals surface area contributed by atoms with Crippen molar-refractivity contribution in [2.45, 2.75) is 4.90 Å². The summed E-state index contributed by atoms with van der Waals surface area (Å²) in [5, 5.41) is 6.23. The number of benzene rings is 1. The van der Waals surface area contributed by atoms with Crippen LogP contribution in [0.5, 0.6) is 0 Å². The van der Waals surface area contributed by atoms with Crippen LogP contribution in [0.3, 0.4) is 0 Å². The molecule has 0 fully saturated rings. The Labute approximate surface area is 147 Å². The molecule has 0 bridgehead atoms. The number of para-hydroxylation sites is 1. The van der Waals surface area contributed by atoms with Crippen molar-refractivity contribution in [3.05, 3.63) is 48.0 Å². The molecule has 3 aromatic heterocycles. The molecule has 7 nitrogen and oxygen atoms in total. The molecule has 0 saturated heterocycles. The number of hydrogen-bond donors (Lipinski definition) is 1. The third kappa shape index (κ3) is 2.67. The molecule has 0 unspecified atom stereocenters. The van der Waals surface area contributed by atoms with E-state index in [9.17, 15) is 8.42 Å². The van der Waals surface area contributed by atoms with Gasteiger partial charge in [0, 0.05) is 6.26 Å². The van der Waals surface area contributed by atoms with E-state index in [1.807, 2.05) is 17.5 Å². The number of aromatic nitrogens is 4. The van der Waals surface area contributed by atoms with Crippen LogP contribution >= 0.6 is 11.3 Å². The van der Waals surface area contributed by atoms with Crippen LogP contribution in [0.1, 0.15) is 0 Å². The monoisotopic (exact) mass is 371 g/mol. The van der Waals surface area contributed by atoms with Crippen LogP contribution in [-0.2, 0) is 9.84 Å². The predicted molar refractivity (Wildman–Crippen MR) is 97.5 cm³/mol. The van der Waals surface area contributed by atoms with Crippen molar-refractivity contribution in [3.8, 4) is 16.4 Å². The standard InChI is InChI=1S/C16H13N5O2S2/c1-25(22,23)13-7-3-2-5-11(13)21-14-10(9-18-21)19-16(20-15(14)17)12-6-4-8-24-12/h2-9H,1H3,(H2,17,19,20). The zero-order chi connectivity index (χ0) is 17.6. The Bertz CT molecular complexity index is 1180. The summed E-state index contributed by atoms with van der Waals surface area (Å²) in [6, 6.07) is 10.4. The van der Waals surface area contributed by atoms with E-state index in [2.05, 4.69) is 15.1 Å². The average molecular weight is 371 g/mol. The lowest BCUT2D eigenvalue weighted by molar-refractivity contribution is 0.601. The molecule has 0 radical (unpaired) electrons.